The second kappa shape index (κ2) is 12.4. The molecule has 4 aromatic carbocycles. The van der Waals surface area contributed by atoms with Gasteiger partial charge in [0.05, 0.1) is 13.0 Å². The maximum atomic E-state index is 13.7. The summed E-state index contributed by atoms with van der Waals surface area (Å²) in [6.45, 7) is 3.95. The van der Waals surface area contributed by atoms with Crippen LogP contribution in [0.2, 0.25) is 0 Å². The van der Waals surface area contributed by atoms with E-state index in [-0.39, 0.29) is 38.3 Å². The van der Waals surface area contributed by atoms with E-state index in [0.717, 1.165) is 39.3 Å². The Kier molecular flexibility index (Phi) is 8.26. The summed E-state index contributed by atoms with van der Waals surface area (Å²) >= 11 is 0. The summed E-state index contributed by atoms with van der Waals surface area (Å²) in [7, 11) is 3.31. The molecule has 0 aromatic heterocycles. The van der Waals surface area contributed by atoms with Gasteiger partial charge in [0, 0.05) is 29.9 Å². The minimum absolute atomic E-state index is 0.0308. The van der Waals surface area contributed by atoms with E-state index in [0.29, 0.717) is 17.9 Å². The molecular formula is C36H34O8. The van der Waals surface area contributed by atoms with Crippen LogP contribution >= 0.6 is 0 Å². The fraction of sp³-hybridized carbons (Fsp3) is 0.278. The molecule has 8 heteroatoms. The summed E-state index contributed by atoms with van der Waals surface area (Å²) in [4.78, 5) is 25.0. The summed E-state index contributed by atoms with van der Waals surface area (Å²) in [5.41, 5.74) is 3.30. The van der Waals surface area contributed by atoms with E-state index < -0.39 is 17.5 Å². The van der Waals surface area contributed by atoms with E-state index >= 15 is 0 Å². The zero-order valence-corrected chi connectivity index (χ0v) is 24.7. The fourth-order valence-electron chi connectivity index (χ4n) is 6.64. The van der Waals surface area contributed by atoms with E-state index in [9.17, 15) is 9.59 Å². The Balaban J connectivity index is 1.14. The first kappa shape index (κ1) is 29.3. The van der Waals surface area contributed by atoms with Crippen molar-refractivity contribution < 1.29 is 38.0 Å². The van der Waals surface area contributed by atoms with E-state index in [1.807, 2.05) is 66.7 Å². The Labute approximate surface area is 256 Å². The van der Waals surface area contributed by atoms with Crippen LogP contribution in [-0.4, -0.2) is 52.6 Å². The number of hydrogen-bond acceptors (Lipinski definition) is 8. The molecule has 0 spiro atoms. The van der Waals surface area contributed by atoms with Crippen molar-refractivity contribution in [2.24, 2.45) is 5.92 Å². The molecule has 7 rings (SSSR count). The maximum absolute atomic E-state index is 13.7. The van der Waals surface area contributed by atoms with Gasteiger partial charge in [0.25, 0.3) is 0 Å². The first-order valence-corrected chi connectivity index (χ1v) is 14.6. The smallest absolute Gasteiger partial charge is 0.330 e. The Morgan fingerprint density at radius 3 is 2.09 bits per heavy atom. The van der Waals surface area contributed by atoms with Crippen LogP contribution in [0.5, 0.6) is 17.2 Å². The molecule has 3 aliphatic rings. The number of hydrogen-bond donors (Lipinski definition) is 0. The van der Waals surface area contributed by atoms with Gasteiger partial charge in [-0.3, -0.25) is 4.79 Å². The maximum Gasteiger partial charge on any atom is 0.330 e. The Hall–Kier alpha value is -4.82. The highest BCUT2D eigenvalue weighted by Gasteiger charge is 2.58. The Morgan fingerprint density at radius 2 is 1.43 bits per heavy atom. The van der Waals surface area contributed by atoms with E-state index in [1.165, 1.54) is 5.56 Å². The van der Waals surface area contributed by atoms with Crippen LogP contribution in [0.15, 0.2) is 91.5 Å². The van der Waals surface area contributed by atoms with Crippen LogP contribution in [0.25, 0.3) is 10.8 Å². The second-order valence-corrected chi connectivity index (χ2v) is 10.7. The lowest BCUT2D eigenvalue weighted by atomic mass is 9.56. The third-order valence-corrected chi connectivity index (χ3v) is 8.52. The first-order chi connectivity index (χ1) is 21.5. The molecule has 0 saturated carbocycles. The van der Waals surface area contributed by atoms with Gasteiger partial charge in [-0.05, 0) is 52.9 Å². The van der Waals surface area contributed by atoms with Gasteiger partial charge in [0.2, 0.25) is 0 Å². The molecule has 44 heavy (non-hydrogen) atoms. The average molecular weight is 595 g/mol. The van der Waals surface area contributed by atoms with Gasteiger partial charge in [-0.2, -0.15) is 0 Å². The van der Waals surface area contributed by atoms with Crippen molar-refractivity contribution in [3.63, 3.8) is 0 Å². The largest absolute Gasteiger partial charge is 0.497 e. The highest BCUT2D eigenvalue weighted by molar-refractivity contribution is 5.93. The fourth-order valence-corrected chi connectivity index (χ4v) is 6.64. The number of carbonyl (C=O) groups excluding carboxylic acids is 2. The molecule has 0 aliphatic heterocycles. The highest BCUT2D eigenvalue weighted by Crippen LogP contribution is 2.60. The van der Waals surface area contributed by atoms with Crippen molar-refractivity contribution in [3.8, 4) is 17.2 Å². The molecule has 3 aliphatic carbocycles. The minimum atomic E-state index is -0.957. The van der Waals surface area contributed by atoms with Gasteiger partial charge in [0.15, 0.2) is 0 Å². The molecule has 226 valence electrons. The monoisotopic (exact) mass is 594 g/mol. The van der Waals surface area contributed by atoms with Crippen molar-refractivity contribution in [2.45, 2.75) is 17.9 Å². The quantitative estimate of drug-likeness (QED) is 0.113. The van der Waals surface area contributed by atoms with Crippen molar-refractivity contribution in [3.05, 3.63) is 114 Å². The van der Waals surface area contributed by atoms with Gasteiger partial charge in [-0.1, -0.05) is 61.2 Å². The summed E-state index contributed by atoms with van der Waals surface area (Å²) in [6.07, 6.45) is 1.69. The predicted molar refractivity (Wildman–Crippen MR) is 164 cm³/mol. The lowest BCUT2D eigenvalue weighted by Gasteiger charge is -2.52. The van der Waals surface area contributed by atoms with Crippen molar-refractivity contribution in [2.75, 3.05) is 40.6 Å². The zero-order chi connectivity index (χ0) is 30.7. The average Bonchev–Trinajstić information content (AvgIpc) is 3.08. The van der Waals surface area contributed by atoms with Crippen LogP contribution in [-0.2, 0) is 29.4 Å². The van der Waals surface area contributed by atoms with Gasteiger partial charge < -0.3 is 28.4 Å². The van der Waals surface area contributed by atoms with E-state index in [4.69, 9.17) is 28.4 Å². The van der Waals surface area contributed by atoms with Crippen molar-refractivity contribution in [1.82, 2.24) is 0 Å². The van der Waals surface area contributed by atoms with Gasteiger partial charge >= 0.3 is 11.9 Å². The lowest BCUT2D eigenvalue weighted by molar-refractivity contribution is -0.163. The number of ether oxygens (including phenoxy) is 6. The van der Waals surface area contributed by atoms with Gasteiger partial charge in [0.1, 0.15) is 49.3 Å². The number of benzene rings is 4. The normalized spacial score (nSPS) is 19.4. The van der Waals surface area contributed by atoms with Crippen LogP contribution in [0.1, 0.15) is 34.6 Å². The summed E-state index contributed by atoms with van der Waals surface area (Å²) in [6, 6.07) is 25.5. The molecule has 3 unspecified atom stereocenters. The van der Waals surface area contributed by atoms with Gasteiger partial charge in [-0.25, -0.2) is 4.79 Å². The van der Waals surface area contributed by atoms with Crippen LogP contribution < -0.4 is 14.2 Å². The Morgan fingerprint density at radius 1 is 0.795 bits per heavy atom. The molecule has 0 amide bonds. The summed E-state index contributed by atoms with van der Waals surface area (Å²) in [5.74, 6) is 0.763. The van der Waals surface area contributed by atoms with Crippen molar-refractivity contribution >= 4 is 22.7 Å². The number of fused-ring (bicyclic) bond motifs is 2. The number of methoxy groups -OCH3 is 2. The van der Waals surface area contributed by atoms with Crippen LogP contribution in [0, 0.1) is 5.92 Å². The molecule has 0 fully saturated rings. The molecule has 0 N–H and O–H groups in total. The molecule has 3 atom stereocenters. The molecule has 4 aromatic rings. The molecular weight excluding hydrogens is 560 g/mol. The number of esters is 2. The SMILES string of the molecule is C=CC(=O)OCCOc1ccc(OCCOC(=O)C2CC3c4ccccc4C2(OC)c2ccc(OC)cc23)c2ccccc12. The van der Waals surface area contributed by atoms with Crippen LogP contribution in [0.3, 0.4) is 0 Å². The van der Waals surface area contributed by atoms with Crippen molar-refractivity contribution in [1.29, 1.82) is 0 Å². The molecule has 0 heterocycles. The highest BCUT2D eigenvalue weighted by atomic mass is 16.6. The summed E-state index contributed by atoms with van der Waals surface area (Å²) in [5, 5.41) is 1.71. The lowest BCUT2D eigenvalue weighted by Crippen LogP contribution is -2.52. The number of carbonyl (C=O) groups is 2. The first-order valence-electron chi connectivity index (χ1n) is 14.6. The third-order valence-electron chi connectivity index (χ3n) is 8.52. The van der Waals surface area contributed by atoms with E-state index in [2.05, 4.69) is 18.7 Å². The molecule has 0 radical (unpaired) electrons. The zero-order valence-electron chi connectivity index (χ0n) is 24.7. The topological polar surface area (TPSA) is 89.5 Å². The summed E-state index contributed by atoms with van der Waals surface area (Å²) < 4.78 is 34.6. The van der Waals surface area contributed by atoms with Crippen LogP contribution in [0.4, 0.5) is 0 Å². The standard InChI is InChI=1S/C36H34O8/c1-4-34(37)43-19-17-41-32-15-16-33(26-11-6-5-10-25(26)32)42-18-20-44-35(38)31-22-27-24-9-7-8-12-29(24)36(31,40-3)30-14-13-23(39-2)21-28(27)30/h4-16,21,27,31H,1,17-20,22H2,2-3H3. The third kappa shape index (κ3) is 5.05. The number of rotatable bonds is 12. The molecule has 0 saturated heterocycles. The molecule has 2 bridgehead atoms. The molecule has 8 nitrogen and oxygen atoms in total. The second-order valence-electron chi connectivity index (χ2n) is 10.7. The van der Waals surface area contributed by atoms with Gasteiger partial charge in [-0.15, -0.1) is 0 Å². The van der Waals surface area contributed by atoms with E-state index in [1.54, 1.807) is 14.2 Å². The minimum Gasteiger partial charge on any atom is -0.497 e. The Bertz CT molecular complexity index is 1710. The predicted octanol–water partition coefficient (Wildman–Crippen LogP) is 5.93.